The molecule has 0 bridgehead atoms. The molecule has 0 aliphatic carbocycles. The quantitative estimate of drug-likeness (QED) is 0.332. The molecule has 0 atom stereocenters. The number of fused-ring (bicyclic) bond motifs is 1. The van der Waals surface area contributed by atoms with Crippen molar-refractivity contribution < 1.29 is 0 Å². The monoisotopic (exact) mass is 394 g/mol. The van der Waals surface area contributed by atoms with Crippen LogP contribution in [0.25, 0.3) is 11.0 Å². The molecule has 0 spiro atoms. The van der Waals surface area contributed by atoms with Crippen LogP contribution in [0.15, 0.2) is 58.4 Å². The highest BCUT2D eigenvalue weighted by atomic mass is 16.1. The average Bonchev–Trinajstić information content (AvgIpc) is 3.05. The lowest BCUT2D eigenvalue weighted by molar-refractivity contribution is 0.582. The van der Waals surface area contributed by atoms with Gasteiger partial charge in [-0.2, -0.15) is 0 Å². The summed E-state index contributed by atoms with van der Waals surface area (Å²) in [6.45, 7) is 5.38. The maximum atomic E-state index is 11.7. The number of hydrogen-bond donors (Lipinski definition) is 2. The number of guanidine groups is 1. The molecule has 0 fully saturated rings. The predicted octanol–water partition coefficient (Wildman–Crippen LogP) is 2.54. The van der Waals surface area contributed by atoms with E-state index in [1.54, 1.807) is 23.7 Å². The molecule has 3 aromatic rings. The van der Waals surface area contributed by atoms with Crippen molar-refractivity contribution in [3.05, 3.63) is 64.8 Å². The van der Waals surface area contributed by atoms with Gasteiger partial charge in [-0.3, -0.25) is 9.79 Å². The Balaban J connectivity index is 1.35. The maximum Gasteiger partial charge on any atom is 0.250 e. The van der Waals surface area contributed by atoms with Gasteiger partial charge in [0.15, 0.2) is 5.96 Å². The molecule has 2 heterocycles. The molecule has 0 radical (unpaired) electrons. The largest absolute Gasteiger partial charge is 0.356 e. The molecule has 7 heteroatoms. The van der Waals surface area contributed by atoms with Crippen molar-refractivity contribution in [1.29, 1.82) is 0 Å². The molecule has 2 N–H and O–H groups in total. The molecule has 0 saturated heterocycles. The number of aliphatic imine (C=N–C) groups is 1. The van der Waals surface area contributed by atoms with Gasteiger partial charge in [0.25, 0.3) is 0 Å². The SMILES string of the molecule is CN=C(NCCCCn1ccccc1=O)NCCCn1c(C)nc2ccccc21. The van der Waals surface area contributed by atoms with Crippen LogP contribution in [0.1, 0.15) is 25.1 Å². The van der Waals surface area contributed by atoms with Crippen LogP contribution >= 0.6 is 0 Å². The van der Waals surface area contributed by atoms with Gasteiger partial charge in [0.1, 0.15) is 5.82 Å². The summed E-state index contributed by atoms with van der Waals surface area (Å²) in [5.41, 5.74) is 2.29. The zero-order chi connectivity index (χ0) is 20.5. The molecule has 0 unspecified atom stereocenters. The van der Waals surface area contributed by atoms with Crippen molar-refractivity contribution in [2.45, 2.75) is 39.3 Å². The molecule has 154 valence electrons. The number of unbranched alkanes of at least 4 members (excludes halogenated alkanes) is 1. The van der Waals surface area contributed by atoms with Crippen LogP contribution in [0.4, 0.5) is 0 Å². The molecule has 0 aliphatic heterocycles. The van der Waals surface area contributed by atoms with Crippen molar-refractivity contribution in [1.82, 2.24) is 24.8 Å². The first-order chi connectivity index (χ1) is 14.2. The minimum atomic E-state index is 0.0545. The number of para-hydroxylation sites is 2. The van der Waals surface area contributed by atoms with Crippen LogP contribution in [0.3, 0.4) is 0 Å². The summed E-state index contributed by atoms with van der Waals surface area (Å²) < 4.78 is 4.01. The van der Waals surface area contributed by atoms with Crippen LogP contribution in [0.5, 0.6) is 0 Å². The number of benzene rings is 1. The minimum Gasteiger partial charge on any atom is -0.356 e. The zero-order valence-corrected chi connectivity index (χ0v) is 17.3. The van der Waals surface area contributed by atoms with Crippen LogP contribution in [0, 0.1) is 6.92 Å². The van der Waals surface area contributed by atoms with E-state index in [0.29, 0.717) is 0 Å². The molecule has 2 aromatic heterocycles. The molecule has 7 nitrogen and oxygen atoms in total. The first kappa shape index (κ1) is 20.6. The topological polar surface area (TPSA) is 76.2 Å². The molecule has 3 rings (SSSR count). The van der Waals surface area contributed by atoms with Gasteiger partial charge in [0.2, 0.25) is 5.56 Å². The van der Waals surface area contributed by atoms with E-state index in [1.807, 2.05) is 18.3 Å². The van der Waals surface area contributed by atoms with E-state index in [9.17, 15) is 4.79 Å². The van der Waals surface area contributed by atoms with Crippen LogP contribution in [-0.4, -0.2) is 40.2 Å². The Hall–Kier alpha value is -3.09. The minimum absolute atomic E-state index is 0.0545. The standard InChI is InChI=1S/C22H30N6O/c1-18-26-19-10-3-4-11-20(19)28(18)17-9-14-25-22(23-2)24-13-6-8-16-27-15-7-5-12-21(27)29/h3-5,7,10-12,15H,6,8-9,13-14,16-17H2,1-2H3,(H2,23,24,25). The summed E-state index contributed by atoms with van der Waals surface area (Å²) >= 11 is 0. The molecule has 0 aliphatic rings. The van der Waals surface area contributed by atoms with E-state index < -0.39 is 0 Å². The molecule has 1 aromatic carbocycles. The van der Waals surface area contributed by atoms with Gasteiger partial charge in [-0.1, -0.05) is 18.2 Å². The second kappa shape index (κ2) is 10.5. The van der Waals surface area contributed by atoms with Crippen LogP contribution < -0.4 is 16.2 Å². The van der Waals surface area contributed by atoms with Crippen molar-refractivity contribution in [3.63, 3.8) is 0 Å². The number of hydrogen-bond acceptors (Lipinski definition) is 3. The summed E-state index contributed by atoms with van der Waals surface area (Å²) in [4.78, 5) is 20.6. The highest BCUT2D eigenvalue weighted by Crippen LogP contribution is 2.15. The Kier molecular flexibility index (Phi) is 7.44. The van der Waals surface area contributed by atoms with Crippen molar-refractivity contribution >= 4 is 17.0 Å². The Labute approximate surface area is 171 Å². The van der Waals surface area contributed by atoms with Crippen LogP contribution in [-0.2, 0) is 13.1 Å². The average molecular weight is 395 g/mol. The number of pyridine rings is 1. The van der Waals surface area contributed by atoms with Crippen molar-refractivity contribution in [2.24, 2.45) is 4.99 Å². The number of aryl methyl sites for hydroxylation is 3. The fraction of sp³-hybridized carbons (Fsp3) is 0.409. The van der Waals surface area contributed by atoms with Gasteiger partial charge in [-0.25, -0.2) is 4.98 Å². The third kappa shape index (κ3) is 5.70. The van der Waals surface area contributed by atoms with Gasteiger partial charge in [-0.15, -0.1) is 0 Å². The molecular formula is C22H30N6O. The normalized spacial score (nSPS) is 11.7. The van der Waals surface area contributed by atoms with Gasteiger partial charge in [-0.05, 0) is 44.4 Å². The summed E-state index contributed by atoms with van der Waals surface area (Å²) in [6.07, 6.45) is 4.74. The number of nitrogens with one attached hydrogen (secondary N) is 2. The van der Waals surface area contributed by atoms with Crippen LogP contribution in [0.2, 0.25) is 0 Å². The fourth-order valence-electron chi connectivity index (χ4n) is 3.40. The third-order valence-corrected chi connectivity index (χ3v) is 4.94. The first-order valence-electron chi connectivity index (χ1n) is 10.2. The highest BCUT2D eigenvalue weighted by molar-refractivity contribution is 5.79. The number of nitrogens with zero attached hydrogens (tertiary/aromatic N) is 4. The second-order valence-corrected chi connectivity index (χ2v) is 7.02. The number of rotatable bonds is 9. The van der Waals surface area contributed by atoms with E-state index in [0.717, 1.165) is 62.7 Å². The molecule has 0 amide bonds. The number of aromatic nitrogens is 3. The second-order valence-electron chi connectivity index (χ2n) is 7.02. The van der Waals surface area contributed by atoms with Gasteiger partial charge >= 0.3 is 0 Å². The lowest BCUT2D eigenvalue weighted by Crippen LogP contribution is -2.38. The predicted molar refractivity (Wildman–Crippen MR) is 118 cm³/mol. The highest BCUT2D eigenvalue weighted by Gasteiger charge is 2.06. The first-order valence-corrected chi connectivity index (χ1v) is 10.2. The van der Waals surface area contributed by atoms with E-state index in [1.165, 1.54) is 5.52 Å². The van der Waals surface area contributed by atoms with Gasteiger partial charge in [0.05, 0.1) is 11.0 Å². The molecule has 29 heavy (non-hydrogen) atoms. The summed E-state index contributed by atoms with van der Waals surface area (Å²) in [6, 6.07) is 13.5. The van der Waals surface area contributed by atoms with Crippen molar-refractivity contribution in [2.75, 3.05) is 20.1 Å². The fourth-order valence-corrected chi connectivity index (χ4v) is 3.40. The van der Waals surface area contributed by atoms with Gasteiger partial charge in [0, 0.05) is 45.5 Å². The van der Waals surface area contributed by atoms with Gasteiger partial charge < -0.3 is 19.8 Å². The summed E-state index contributed by atoms with van der Waals surface area (Å²) in [7, 11) is 1.78. The van der Waals surface area contributed by atoms with E-state index >= 15 is 0 Å². The Morgan fingerprint density at radius 1 is 1.00 bits per heavy atom. The Morgan fingerprint density at radius 3 is 2.55 bits per heavy atom. The summed E-state index contributed by atoms with van der Waals surface area (Å²) in [5, 5.41) is 6.70. The smallest absolute Gasteiger partial charge is 0.250 e. The van der Waals surface area contributed by atoms with E-state index in [-0.39, 0.29) is 5.56 Å². The molecule has 0 saturated carbocycles. The van der Waals surface area contributed by atoms with Crippen molar-refractivity contribution in [3.8, 4) is 0 Å². The van der Waals surface area contributed by atoms with E-state index in [4.69, 9.17) is 0 Å². The zero-order valence-electron chi connectivity index (χ0n) is 17.3. The lowest BCUT2D eigenvalue weighted by Gasteiger charge is -2.13. The third-order valence-electron chi connectivity index (χ3n) is 4.94. The molecular weight excluding hydrogens is 364 g/mol. The van der Waals surface area contributed by atoms with E-state index in [2.05, 4.69) is 50.3 Å². The lowest BCUT2D eigenvalue weighted by atomic mass is 10.3. The maximum absolute atomic E-state index is 11.7. The number of imidazole rings is 1. The Morgan fingerprint density at radius 2 is 1.76 bits per heavy atom. The summed E-state index contributed by atoms with van der Waals surface area (Å²) in [5.74, 6) is 1.86. The Bertz CT molecular complexity index is 1000.